The number of fused-ring (bicyclic) bond motifs is 1. The molecule has 2 fully saturated rings. The Labute approximate surface area is 156 Å². The summed E-state index contributed by atoms with van der Waals surface area (Å²) in [5.74, 6) is 6.58. The summed E-state index contributed by atoms with van der Waals surface area (Å²) >= 11 is 0. The van der Waals surface area contributed by atoms with Crippen LogP contribution in [-0.4, -0.2) is 43.4 Å². The van der Waals surface area contributed by atoms with Crippen molar-refractivity contribution in [1.82, 2.24) is 10.3 Å². The van der Waals surface area contributed by atoms with Crippen molar-refractivity contribution in [1.29, 1.82) is 0 Å². The smallest absolute Gasteiger partial charge is 0.147 e. The van der Waals surface area contributed by atoms with Crippen molar-refractivity contribution in [3.8, 4) is 0 Å². The van der Waals surface area contributed by atoms with E-state index in [1.807, 2.05) is 0 Å². The van der Waals surface area contributed by atoms with Crippen molar-refractivity contribution in [2.24, 2.45) is 11.8 Å². The molecule has 0 bridgehead atoms. The lowest BCUT2D eigenvalue weighted by Crippen LogP contribution is -2.47. The van der Waals surface area contributed by atoms with Crippen LogP contribution < -0.4 is 21.0 Å². The van der Waals surface area contributed by atoms with Gasteiger partial charge in [0.05, 0.1) is 12.4 Å². The molecule has 5 nitrogen and oxygen atoms in total. The molecular formula is C20H32FN5. The van der Waals surface area contributed by atoms with Crippen molar-refractivity contribution in [2.45, 2.75) is 58.7 Å². The van der Waals surface area contributed by atoms with E-state index >= 15 is 4.39 Å². The lowest BCUT2D eigenvalue weighted by Gasteiger charge is -2.39. The molecule has 0 spiro atoms. The number of rotatable bonds is 5. The fourth-order valence-electron chi connectivity index (χ4n) is 4.84. The van der Waals surface area contributed by atoms with E-state index < -0.39 is 0 Å². The lowest BCUT2D eigenvalue weighted by atomic mass is 10.00. The van der Waals surface area contributed by atoms with Gasteiger partial charge >= 0.3 is 0 Å². The van der Waals surface area contributed by atoms with Crippen LogP contribution in [0.25, 0.3) is 0 Å². The number of nitrogens with two attached hydrogens (primary N) is 1. The second-order valence-electron chi connectivity index (χ2n) is 8.27. The van der Waals surface area contributed by atoms with Gasteiger partial charge in [0.25, 0.3) is 0 Å². The Morgan fingerprint density at radius 3 is 2.77 bits per heavy atom. The Morgan fingerprint density at radius 2 is 2.08 bits per heavy atom. The second-order valence-corrected chi connectivity index (χ2v) is 8.27. The molecule has 4 rings (SSSR count). The van der Waals surface area contributed by atoms with E-state index in [0.717, 1.165) is 49.5 Å². The van der Waals surface area contributed by atoms with E-state index in [0.29, 0.717) is 24.5 Å². The Kier molecular flexibility index (Phi) is 4.84. The fourth-order valence-corrected chi connectivity index (χ4v) is 4.84. The highest BCUT2D eigenvalue weighted by Gasteiger charge is 2.37. The lowest BCUT2D eigenvalue weighted by molar-refractivity contribution is 0.258. The summed E-state index contributed by atoms with van der Waals surface area (Å²) < 4.78 is 15.1. The molecule has 2 atom stereocenters. The second kappa shape index (κ2) is 6.98. The van der Waals surface area contributed by atoms with Crippen LogP contribution in [0.1, 0.15) is 44.2 Å². The van der Waals surface area contributed by atoms with Gasteiger partial charge in [0.1, 0.15) is 5.82 Å². The predicted octanol–water partition coefficient (Wildman–Crippen LogP) is 2.57. The standard InChI is InChI=1S/C20H32FN5/c1-4-23-14(3)15-7-8-24(10-15)20-13(2)19-16(9-18(20)21)11-25(22)12-26(19)17-5-6-17/h9,14-15,17,23H,4-8,10-12,22H2,1-3H3/t14-,15+/m0/s1. The van der Waals surface area contributed by atoms with Gasteiger partial charge in [-0.25, -0.2) is 9.40 Å². The number of nitrogens with one attached hydrogen (secondary N) is 1. The zero-order valence-corrected chi connectivity index (χ0v) is 16.3. The molecule has 0 unspecified atom stereocenters. The summed E-state index contributed by atoms with van der Waals surface area (Å²) in [7, 11) is 0. The summed E-state index contributed by atoms with van der Waals surface area (Å²) in [6.07, 6.45) is 3.55. The summed E-state index contributed by atoms with van der Waals surface area (Å²) in [6.45, 7) is 10.7. The molecule has 2 aliphatic heterocycles. The maximum atomic E-state index is 15.1. The first-order chi connectivity index (χ1) is 12.5. The van der Waals surface area contributed by atoms with E-state index in [1.54, 1.807) is 11.1 Å². The minimum atomic E-state index is -0.0935. The zero-order chi connectivity index (χ0) is 18.4. The van der Waals surface area contributed by atoms with Gasteiger partial charge in [-0.05, 0) is 62.8 Å². The van der Waals surface area contributed by atoms with E-state index in [1.165, 1.54) is 18.5 Å². The van der Waals surface area contributed by atoms with Gasteiger partial charge in [0.2, 0.25) is 0 Å². The molecule has 2 heterocycles. The first-order valence-electron chi connectivity index (χ1n) is 10.1. The maximum absolute atomic E-state index is 15.1. The van der Waals surface area contributed by atoms with Crippen LogP contribution in [0.3, 0.4) is 0 Å². The molecule has 0 radical (unpaired) electrons. The number of benzene rings is 1. The quantitative estimate of drug-likeness (QED) is 0.790. The van der Waals surface area contributed by atoms with Crippen LogP contribution in [0.2, 0.25) is 0 Å². The molecular weight excluding hydrogens is 329 g/mol. The van der Waals surface area contributed by atoms with E-state index in [-0.39, 0.29) is 5.82 Å². The molecule has 1 aromatic carbocycles. The number of halogens is 1. The predicted molar refractivity (Wildman–Crippen MR) is 105 cm³/mol. The molecule has 3 N–H and O–H groups in total. The minimum absolute atomic E-state index is 0.0935. The van der Waals surface area contributed by atoms with Crippen molar-refractivity contribution < 1.29 is 4.39 Å². The average molecular weight is 362 g/mol. The van der Waals surface area contributed by atoms with E-state index in [2.05, 4.69) is 35.9 Å². The number of nitrogens with zero attached hydrogens (tertiary/aromatic N) is 3. The molecule has 0 aromatic heterocycles. The van der Waals surface area contributed by atoms with Gasteiger partial charge in [-0.1, -0.05) is 6.92 Å². The molecule has 1 aliphatic carbocycles. The fraction of sp³-hybridized carbons (Fsp3) is 0.700. The first kappa shape index (κ1) is 18.0. The van der Waals surface area contributed by atoms with E-state index in [9.17, 15) is 0 Å². The van der Waals surface area contributed by atoms with Crippen LogP contribution >= 0.6 is 0 Å². The van der Waals surface area contributed by atoms with Crippen LogP contribution in [-0.2, 0) is 6.54 Å². The third-order valence-corrected chi connectivity index (χ3v) is 6.30. The molecule has 6 heteroatoms. The molecule has 1 saturated carbocycles. The molecule has 1 aromatic rings. The normalized spacial score (nSPS) is 24.9. The third kappa shape index (κ3) is 3.19. The Morgan fingerprint density at radius 1 is 1.31 bits per heavy atom. The highest BCUT2D eigenvalue weighted by Crippen LogP contribution is 2.43. The summed E-state index contributed by atoms with van der Waals surface area (Å²) in [6, 6.07) is 2.77. The van der Waals surface area contributed by atoms with Gasteiger partial charge in [-0.15, -0.1) is 0 Å². The monoisotopic (exact) mass is 361 g/mol. The number of hydrogen-bond donors (Lipinski definition) is 2. The minimum Gasteiger partial charge on any atom is -0.369 e. The Balaban J connectivity index is 1.65. The number of anilines is 2. The van der Waals surface area contributed by atoms with Gasteiger partial charge in [-0.3, -0.25) is 5.84 Å². The van der Waals surface area contributed by atoms with Crippen molar-refractivity contribution in [3.63, 3.8) is 0 Å². The molecule has 26 heavy (non-hydrogen) atoms. The van der Waals surface area contributed by atoms with E-state index in [4.69, 9.17) is 5.84 Å². The summed E-state index contributed by atoms with van der Waals surface area (Å²) in [4.78, 5) is 4.66. The van der Waals surface area contributed by atoms with Crippen molar-refractivity contribution in [3.05, 3.63) is 23.0 Å². The third-order valence-electron chi connectivity index (χ3n) is 6.30. The van der Waals surface area contributed by atoms with Crippen molar-refractivity contribution in [2.75, 3.05) is 36.1 Å². The summed E-state index contributed by atoms with van der Waals surface area (Å²) in [5, 5.41) is 5.32. The first-order valence-corrected chi connectivity index (χ1v) is 10.1. The largest absolute Gasteiger partial charge is 0.369 e. The van der Waals surface area contributed by atoms with Crippen LogP contribution in [0.15, 0.2) is 6.07 Å². The highest BCUT2D eigenvalue weighted by molar-refractivity contribution is 5.73. The maximum Gasteiger partial charge on any atom is 0.147 e. The van der Waals surface area contributed by atoms with Crippen molar-refractivity contribution >= 4 is 11.4 Å². The van der Waals surface area contributed by atoms with Crippen LogP contribution in [0.5, 0.6) is 0 Å². The number of hydrazine groups is 1. The molecule has 1 saturated heterocycles. The Bertz CT molecular complexity index is 675. The van der Waals surface area contributed by atoms with Gasteiger partial charge in [0.15, 0.2) is 0 Å². The molecule has 3 aliphatic rings. The summed E-state index contributed by atoms with van der Waals surface area (Å²) in [5.41, 5.74) is 4.16. The van der Waals surface area contributed by atoms with Gasteiger partial charge < -0.3 is 15.1 Å². The topological polar surface area (TPSA) is 47.8 Å². The zero-order valence-electron chi connectivity index (χ0n) is 16.3. The van der Waals surface area contributed by atoms with Crippen LogP contribution in [0.4, 0.5) is 15.8 Å². The SMILES string of the molecule is CCN[C@@H](C)[C@@H]1CCN(c2c(F)cc3c(c2C)N(C2CC2)CN(N)C3)C1. The molecule has 0 amide bonds. The van der Waals surface area contributed by atoms with Crippen LogP contribution in [0, 0.1) is 18.7 Å². The average Bonchev–Trinajstić information content (AvgIpc) is 3.32. The Hall–Kier alpha value is -1.37. The number of hydrogen-bond acceptors (Lipinski definition) is 5. The molecule has 144 valence electrons. The van der Waals surface area contributed by atoms with Gasteiger partial charge in [0, 0.05) is 37.4 Å². The van der Waals surface area contributed by atoms with Gasteiger partial charge in [-0.2, -0.15) is 0 Å². The highest BCUT2D eigenvalue weighted by atomic mass is 19.1.